The Bertz CT molecular complexity index is 286. The molecule has 0 heterocycles. The molecule has 0 saturated heterocycles. The quantitative estimate of drug-likeness (QED) is 0.298. The summed E-state index contributed by atoms with van der Waals surface area (Å²) in [5.74, 6) is -0.827. The van der Waals surface area contributed by atoms with E-state index in [-0.39, 0.29) is 5.97 Å². The van der Waals surface area contributed by atoms with E-state index in [0.29, 0.717) is 18.6 Å². The van der Waals surface area contributed by atoms with Crippen LogP contribution in [-0.2, 0) is 19.2 Å². The van der Waals surface area contributed by atoms with Crippen molar-refractivity contribution in [3.05, 3.63) is 0 Å². The number of nitrogens with zero attached hydrogens (tertiary/aromatic N) is 1. The lowest BCUT2D eigenvalue weighted by Gasteiger charge is -2.17. The van der Waals surface area contributed by atoms with Crippen LogP contribution in [0.15, 0.2) is 5.16 Å². The molecule has 0 saturated carbocycles. The second-order valence-corrected chi connectivity index (χ2v) is 3.80. The summed E-state index contributed by atoms with van der Waals surface area (Å²) >= 11 is 0. The van der Waals surface area contributed by atoms with Gasteiger partial charge in [-0.2, -0.15) is 0 Å². The van der Waals surface area contributed by atoms with Crippen molar-refractivity contribution in [3.63, 3.8) is 0 Å². The zero-order chi connectivity index (χ0) is 13.3. The van der Waals surface area contributed by atoms with Gasteiger partial charge in [0.05, 0.1) is 5.71 Å². The fourth-order valence-corrected chi connectivity index (χ4v) is 1.40. The minimum atomic E-state index is -0.475. The number of rotatable bonds is 7. The highest BCUT2D eigenvalue weighted by Crippen LogP contribution is 2.10. The predicted molar refractivity (Wildman–Crippen MR) is 64.6 cm³/mol. The summed E-state index contributed by atoms with van der Waals surface area (Å²) < 4.78 is 5.18. The van der Waals surface area contributed by atoms with Gasteiger partial charge in [-0.3, -0.25) is 4.79 Å². The first-order valence-corrected chi connectivity index (χ1v) is 5.92. The van der Waals surface area contributed by atoms with Gasteiger partial charge in [-0.15, -0.1) is 0 Å². The van der Waals surface area contributed by atoms with E-state index in [9.17, 15) is 9.59 Å². The SMILES string of the molecule is CCC/C(=N\OC(C)=O)C(CCC)OC(C)=O. The van der Waals surface area contributed by atoms with Crippen LogP contribution in [-0.4, -0.2) is 23.8 Å². The van der Waals surface area contributed by atoms with Crippen LogP contribution in [0, 0.1) is 0 Å². The van der Waals surface area contributed by atoms with E-state index in [1.54, 1.807) is 0 Å². The molecule has 0 spiro atoms. The van der Waals surface area contributed by atoms with Gasteiger partial charge in [0.15, 0.2) is 0 Å². The minimum Gasteiger partial charge on any atom is -0.456 e. The monoisotopic (exact) mass is 243 g/mol. The van der Waals surface area contributed by atoms with Crippen molar-refractivity contribution in [2.24, 2.45) is 5.16 Å². The number of hydrogen-bond acceptors (Lipinski definition) is 5. The topological polar surface area (TPSA) is 65.0 Å². The second kappa shape index (κ2) is 8.73. The number of carbonyl (C=O) groups is 2. The largest absolute Gasteiger partial charge is 0.456 e. The van der Waals surface area contributed by atoms with E-state index in [4.69, 9.17) is 4.74 Å². The van der Waals surface area contributed by atoms with Gasteiger partial charge in [-0.05, 0) is 12.8 Å². The lowest BCUT2D eigenvalue weighted by molar-refractivity contribution is -0.143. The molecule has 0 aromatic heterocycles. The molecule has 0 aromatic carbocycles. The lowest BCUT2D eigenvalue weighted by Crippen LogP contribution is -2.26. The second-order valence-electron chi connectivity index (χ2n) is 3.80. The predicted octanol–water partition coefficient (Wildman–Crippen LogP) is 2.44. The number of hydrogen-bond donors (Lipinski definition) is 0. The van der Waals surface area contributed by atoms with Crippen LogP contribution in [0.5, 0.6) is 0 Å². The molecule has 17 heavy (non-hydrogen) atoms. The Balaban J connectivity index is 4.73. The molecule has 0 rings (SSSR count). The fourth-order valence-electron chi connectivity index (χ4n) is 1.40. The van der Waals surface area contributed by atoms with Crippen molar-refractivity contribution in [2.45, 2.75) is 59.5 Å². The number of carbonyl (C=O) groups excluding carboxylic acids is 2. The van der Waals surface area contributed by atoms with E-state index in [2.05, 4.69) is 9.99 Å². The summed E-state index contributed by atoms with van der Waals surface area (Å²) in [6.45, 7) is 6.62. The molecule has 0 aliphatic heterocycles. The summed E-state index contributed by atoms with van der Waals surface area (Å²) in [5, 5.41) is 3.77. The van der Waals surface area contributed by atoms with Gasteiger partial charge >= 0.3 is 11.9 Å². The molecule has 0 radical (unpaired) electrons. The lowest BCUT2D eigenvalue weighted by atomic mass is 10.1. The molecule has 0 N–H and O–H groups in total. The average Bonchev–Trinajstić information content (AvgIpc) is 2.22. The Hall–Kier alpha value is -1.39. The number of esters is 1. The van der Waals surface area contributed by atoms with Crippen LogP contribution in [0.1, 0.15) is 53.4 Å². The zero-order valence-corrected chi connectivity index (χ0v) is 11.0. The van der Waals surface area contributed by atoms with Crippen molar-refractivity contribution in [1.29, 1.82) is 0 Å². The van der Waals surface area contributed by atoms with Crippen molar-refractivity contribution >= 4 is 17.7 Å². The molecule has 1 atom stereocenters. The molecule has 0 aliphatic carbocycles. The Morgan fingerprint density at radius 1 is 1.12 bits per heavy atom. The van der Waals surface area contributed by atoms with E-state index < -0.39 is 12.1 Å². The molecule has 1 unspecified atom stereocenters. The van der Waals surface area contributed by atoms with Crippen LogP contribution < -0.4 is 0 Å². The average molecular weight is 243 g/mol. The van der Waals surface area contributed by atoms with Crippen LogP contribution in [0.2, 0.25) is 0 Å². The Morgan fingerprint density at radius 3 is 2.18 bits per heavy atom. The summed E-state index contributed by atoms with van der Waals surface area (Å²) in [4.78, 5) is 26.3. The van der Waals surface area contributed by atoms with Crippen LogP contribution in [0.25, 0.3) is 0 Å². The van der Waals surface area contributed by atoms with Gasteiger partial charge in [0.25, 0.3) is 0 Å². The smallest absolute Gasteiger partial charge is 0.331 e. The van der Waals surface area contributed by atoms with E-state index in [0.717, 1.165) is 12.8 Å². The van der Waals surface area contributed by atoms with Gasteiger partial charge in [0, 0.05) is 13.8 Å². The molecule has 0 aliphatic rings. The van der Waals surface area contributed by atoms with Crippen molar-refractivity contribution < 1.29 is 19.2 Å². The highest BCUT2D eigenvalue weighted by molar-refractivity contribution is 5.90. The molecular formula is C12H21NO4. The summed E-state index contributed by atoms with van der Waals surface area (Å²) in [6, 6.07) is 0. The Morgan fingerprint density at radius 2 is 1.76 bits per heavy atom. The van der Waals surface area contributed by atoms with Gasteiger partial charge in [0.1, 0.15) is 6.10 Å². The van der Waals surface area contributed by atoms with Gasteiger partial charge < -0.3 is 9.57 Å². The van der Waals surface area contributed by atoms with Crippen molar-refractivity contribution in [2.75, 3.05) is 0 Å². The van der Waals surface area contributed by atoms with E-state index in [1.807, 2.05) is 13.8 Å². The van der Waals surface area contributed by atoms with Crippen LogP contribution >= 0.6 is 0 Å². The highest BCUT2D eigenvalue weighted by atomic mass is 16.7. The Labute approximate surface area is 102 Å². The normalized spacial score (nSPS) is 13.1. The molecule has 98 valence electrons. The van der Waals surface area contributed by atoms with Crippen LogP contribution in [0.4, 0.5) is 0 Å². The van der Waals surface area contributed by atoms with Gasteiger partial charge in [-0.25, -0.2) is 4.79 Å². The highest BCUT2D eigenvalue weighted by Gasteiger charge is 2.18. The first-order chi connectivity index (χ1) is 8.01. The summed E-state index contributed by atoms with van der Waals surface area (Å²) in [7, 11) is 0. The maximum atomic E-state index is 11.0. The standard InChI is InChI=1S/C12H21NO4/c1-5-7-11(13-17-10(4)15)12(8-6-2)16-9(3)14/h12H,5-8H2,1-4H3/b13-11+. The summed E-state index contributed by atoms with van der Waals surface area (Å²) in [5.41, 5.74) is 0.611. The molecular weight excluding hydrogens is 222 g/mol. The first-order valence-electron chi connectivity index (χ1n) is 5.92. The Kier molecular flexibility index (Phi) is 8.01. The minimum absolute atomic E-state index is 0.352. The van der Waals surface area contributed by atoms with Crippen molar-refractivity contribution in [3.8, 4) is 0 Å². The number of oxime groups is 1. The molecule has 0 bridgehead atoms. The van der Waals surface area contributed by atoms with E-state index in [1.165, 1.54) is 13.8 Å². The maximum absolute atomic E-state index is 11.0. The fraction of sp³-hybridized carbons (Fsp3) is 0.750. The molecule has 0 amide bonds. The third-order valence-corrected chi connectivity index (χ3v) is 2.03. The third-order valence-electron chi connectivity index (χ3n) is 2.03. The molecule has 5 nitrogen and oxygen atoms in total. The third kappa shape index (κ3) is 7.49. The first kappa shape index (κ1) is 15.6. The number of ether oxygens (including phenoxy) is 1. The molecule has 5 heteroatoms. The van der Waals surface area contributed by atoms with Crippen LogP contribution in [0.3, 0.4) is 0 Å². The molecule has 0 fully saturated rings. The van der Waals surface area contributed by atoms with Gasteiger partial charge in [-0.1, -0.05) is 31.8 Å². The zero-order valence-electron chi connectivity index (χ0n) is 11.0. The van der Waals surface area contributed by atoms with Gasteiger partial charge in [0.2, 0.25) is 0 Å². The van der Waals surface area contributed by atoms with Crippen molar-refractivity contribution in [1.82, 2.24) is 0 Å². The van der Waals surface area contributed by atoms with E-state index >= 15 is 0 Å². The maximum Gasteiger partial charge on any atom is 0.331 e. The summed E-state index contributed by atoms with van der Waals surface area (Å²) in [6.07, 6.45) is 2.64. The molecule has 0 aromatic rings.